The number of esters is 1. The van der Waals surface area contributed by atoms with Crippen LogP contribution in [0.2, 0.25) is 0 Å². The third-order valence-corrected chi connectivity index (χ3v) is 4.18. The van der Waals surface area contributed by atoms with Crippen LogP contribution in [0.4, 0.5) is 8.78 Å². The Hall–Kier alpha value is -2.68. The van der Waals surface area contributed by atoms with Crippen LogP contribution in [0.1, 0.15) is 31.2 Å². The van der Waals surface area contributed by atoms with Crippen LogP contribution in [0.25, 0.3) is 0 Å². The first-order valence-corrected chi connectivity index (χ1v) is 8.51. The van der Waals surface area contributed by atoms with E-state index in [1.807, 2.05) is 6.08 Å². The van der Waals surface area contributed by atoms with Crippen LogP contribution in [0.15, 0.2) is 30.4 Å². The predicted molar refractivity (Wildman–Crippen MR) is 92.9 cm³/mol. The molecule has 1 atom stereocenters. The Morgan fingerprint density at radius 1 is 1.27 bits per heavy atom. The summed E-state index contributed by atoms with van der Waals surface area (Å²) in [6.07, 6.45) is 12.5. The first-order valence-electron chi connectivity index (χ1n) is 8.51. The van der Waals surface area contributed by atoms with E-state index in [0.717, 1.165) is 43.9 Å². The minimum atomic E-state index is -1.09. The Bertz CT molecular complexity index is 698. The molecule has 138 valence electrons. The number of nitrogens with one attached hydrogen (secondary N) is 1. The molecule has 0 heterocycles. The van der Waals surface area contributed by atoms with Crippen LogP contribution in [-0.2, 0) is 20.7 Å². The van der Waals surface area contributed by atoms with Crippen molar-refractivity contribution < 1.29 is 23.1 Å². The van der Waals surface area contributed by atoms with Gasteiger partial charge in [-0.3, -0.25) is 4.79 Å². The van der Waals surface area contributed by atoms with Crippen molar-refractivity contribution in [3.8, 4) is 12.3 Å². The van der Waals surface area contributed by atoms with Crippen LogP contribution in [0.5, 0.6) is 0 Å². The number of carbonyl (C=O) groups is 2. The Morgan fingerprint density at radius 3 is 2.54 bits per heavy atom. The van der Waals surface area contributed by atoms with Gasteiger partial charge in [0.25, 0.3) is 0 Å². The van der Waals surface area contributed by atoms with Gasteiger partial charge in [0.1, 0.15) is 17.7 Å². The topological polar surface area (TPSA) is 55.4 Å². The van der Waals surface area contributed by atoms with E-state index >= 15 is 0 Å². The van der Waals surface area contributed by atoms with E-state index in [1.165, 1.54) is 6.08 Å². The number of terminal acetylenes is 1. The van der Waals surface area contributed by atoms with Gasteiger partial charge in [-0.1, -0.05) is 24.8 Å². The molecule has 1 aliphatic rings. The van der Waals surface area contributed by atoms with Gasteiger partial charge in [0.05, 0.1) is 0 Å². The molecule has 0 radical (unpaired) electrons. The summed E-state index contributed by atoms with van der Waals surface area (Å²) in [5.74, 6) is -0.211. The molecule has 6 heteroatoms. The maximum absolute atomic E-state index is 13.4. The first-order chi connectivity index (χ1) is 12.5. The first kappa shape index (κ1) is 19.6. The highest BCUT2D eigenvalue weighted by Gasteiger charge is 2.23. The van der Waals surface area contributed by atoms with E-state index in [0.29, 0.717) is 5.92 Å². The molecule has 0 bridgehead atoms. The van der Waals surface area contributed by atoms with Crippen LogP contribution in [0.3, 0.4) is 0 Å². The Balaban J connectivity index is 2.05. The summed E-state index contributed by atoms with van der Waals surface area (Å²) in [7, 11) is 0. The van der Waals surface area contributed by atoms with Gasteiger partial charge in [-0.15, -0.1) is 6.42 Å². The fourth-order valence-corrected chi connectivity index (χ4v) is 2.96. The largest absolute Gasteiger partial charge is 0.451 e. The maximum Gasteiger partial charge on any atom is 0.329 e. The lowest BCUT2D eigenvalue weighted by Gasteiger charge is -2.16. The molecule has 1 N–H and O–H groups in total. The number of allylic oxidation sites excluding steroid dienone is 1. The molecule has 1 saturated carbocycles. The molecule has 4 nitrogen and oxygen atoms in total. The normalized spacial score (nSPS) is 15.6. The van der Waals surface area contributed by atoms with Gasteiger partial charge in [-0.05, 0) is 42.5 Å². The van der Waals surface area contributed by atoms with Crippen molar-refractivity contribution in [2.45, 2.75) is 38.1 Å². The van der Waals surface area contributed by atoms with E-state index in [2.05, 4.69) is 11.2 Å². The lowest BCUT2D eigenvalue weighted by atomic mass is 10.0. The minimum Gasteiger partial charge on any atom is -0.451 e. The molecule has 0 unspecified atom stereocenters. The summed E-state index contributed by atoms with van der Waals surface area (Å²) >= 11 is 0. The number of carbonyl (C=O) groups excluding carboxylic acids is 2. The minimum absolute atomic E-state index is 0.110. The number of rotatable bonds is 7. The SMILES string of the molecule is C#CCOC(=O)[C@H](Cc1cc(F)cc(F)c1)NC(=O)/C=C/C1CCCC1. The van der Waals surface area contributed by atoms with E-state index in [-0.39, 0.29) is 18.6 Å². The smallest absolute Gasteiger partial charge is 0.329 e. The molecule has 0 aromatic heterocycles. The summed E-state index contributed by atoms with van der Waals surface area (Å²) in [4.78, 5) is 24.2. The number of halogens is 2. The molecule has 1 amide bonds. The number of benzene rings is 1. The Morgan fingerprint density at radius 2 is 1.92 bits per heavy atom. The third-order valence-electron chi connectivity index (χ3n) is 4.18. The molecule has 0 aliphatic heterocycles. The molecule has 26 heavy (non-hydrogen) atoms. The van der Waals surface area contributed by atoms with Gasteiger partial charge in [0.15, 0.2) is 6.61 Å². The molecular formula is C20H21F2NO3. The fraction of sp³-hybridized carbons (Fsp3) is 0.400. The fourth-order valence-electron chi connectivity index (χ4n) is 2.96. The van der Waals surface area contributed by atoms with E-state index in [9.17, 15) is 18.4 Å². The summed E-state index contributed by atoms with van der Waals surface area (Å²) < 4.78 is 31.6. The molecule has 2 rings (SSSR count). The van der Waals surface area contributed by atoms with Crippen molar-refractivity contribution >= 4 is 11.9 Å². The zero-order valence-electron chi connectivity index (χ0n) is 14.3. The quantitative estimate of drug-likeness (QED) is 0.462. The number of hydrogen-bond donors (Lipinski definition) is 1. The van der Waals surface area contributed by atoms with E-state index in [1.54, 1.807) is 0 Å². The van der Waals surface area contributed by atoms with Crippen molar-refractivity contribution in [3.05, 3.63) is 47.5 Å². The molecule has 0 spiro atoms. The van der Waals surface area contributed by atoms with Crippen molar-refractivity contribution in [2.24, 2.45) is 5.92 Å². The second-order valence-corrected chi connectivity index (χ2v) is 6.26. The summed E-state index contributed by atoms with van der Waals surface area (Å²) in [5.41, 5.74) is 0.227. The third kappa shape index (κ3) is 6.32. The lowest BCUT2D eigenvalue weighted by molar-refractivity contribution is -0.146. The van der Waals surface area contributed by atoms with Gasteiger partial charge in [0, 0.05) is 12.5 Å². The average Bonchev–Trinajstić information content (AvgIpc) is 3.10. The van der Waals surface area contributed by atoms with Gasteiger partial charge < -0.3 is 10.1 Å². The second-order valence-electron chi connectivity index (χ2n) is 6.26. The highest BCUT2D eigenvalue weighted by molar-refractivity contribution is 5.91. The zero-order valence-corrected chi connectivity index (χ0v) is 14.3. The zero-order chi connectivity index (χ0) is 18.9. The van der Waals surface area contributed by atoms with Crippen molar-refractivity contribution in [3.63, 3.8) is 0 Å². The van der Waals surface area contributed by atoms with Crippen molar-refractivity contribution in [1.82, 2.24) is 5.32 Å². The number of amides is 1. The summed E-state index contributed by atoms with van der Waals surface area (Å²) in [5, 5.41) is 2.52. The monoisotopic (exact) mass is 361 g/mol. The Kier molecular flexibility index (Phi) is 7.34. The van der Waals surface area contributed by atoms with Crippen molar-refractivity contribution in [2.75, 3.05) is 6.61 Å². The van der Waals surface area contributed by atoms with Gasteiger partial charge >= 0.3 is 5.97 Å². The summed E-state index contributed by atoms with van der Waals surface area (Å²) in [6, 6.07) is 1.85. The number of ether oxygens (including phenoxy) is 1. The van der Waals surface area contributed by atoms with E-state index < -0.39 is 29.6 Å². The second kappa shape index (κ2) is 9.71. The highest BCUT2D eigenvalue weighted by atomic mass is 19.1. The van der Waals surface area contributed by atoms with Gasteiger partial charge in [0.2, 0.25) is 5.91 Å². The van der Waals surface area contributed by atoms with Crippen LogP contribution in [-0.4, -0.2) is 24.5 Å². The maximum atomic E-state index is 13.4. The Labute approximate surface area is 151 Å². The summed E-state index contributed by atoms with van der Waals surface area (Å²) in [6.45, 7) is -0.249. The average molecular weight is 361 g/mol. The van der Waals surface area contributed by atoms with Crippen LogP contribution >= 0.6 is 0 Å². The van der Waals surface area contributed by atoms with Crippen LogP contribution in [0, 0.1) is 29.9 Å². The molecule has 0 saturated heterocycles. The van der Waals surface area contributed by atoms with Crippen LogP contribution < -0.4 is 5.32 Å². The molecule has 1 aromatic rings. The van der Waals surface area contributed by atoms with Crippen molar-refractivity contribution in [1.29, 1.82) is 0 Å². The van der Waals surface area contributed by atoms with Gasteiger partial charge in [-0.25, -0.2) is 13.6 Å². The van der Waals surface area contributed by atoms with Gasteiger partial charge in [-0.2, -0.15) is 0 Å². The predicted octanol–water partition coefficient (Wildman–Crippen LogP) is 2.91. The molecule has 1 fully saturated rings. The standard InChI is InChI=1S/C20H21F2NO3/c1-2-9-26-20(25)18(12-15-10-16(21)13-17(22)11-15)23-19(24)8-7-14-5-3-4-6-14/h1,7-8,10-11,13-14,18H,3-6,9,12H2,(H,23,24)/b8-7+/t18-/m0/s1. The lowest BCUT2D eigenvalue weighted by Crippen LogP contribution is -2.42. The molecule has 1 aromatic carbocycles. The number of hydrogen-bond acceptors (Lipinski definition) is 3. The van der Waals surface area contributed by atoms with E-state index in [4.69, 9.17) is 11.2 Å². The molecular weight excluding hydrogens is 340 g/mol. The molecule has 1 aliphatic carbocycles. The highest BCUT2D eigenvalue weighted by Crippen LogP contribution is 2.25.